The van der Waals surface area contributed by atoms with Gasteiger partial charge in [0.25, 0.3) is 5.91 Å². The standard InChI is InChI=1S/C19H20N4O2S/c24-17(16-4-2-10-26-16)21-11-13-5-7-14(8-6-13)18-22-23-19(25-18)15-3-1-9-20-12-15/h1-4,9-10,12-14H,5-8,11H2,(H,21,24). The summed E-state index contributed by atoms with van der Waals surface area (Å²) >= 11 is 1.47. The zero-order valence-electron chi connectivity index (χ0n) is 14.3. The van der Waals surface area contributed by atoms with Crippen molar-refractivity contribution in [3.63, 3.8) is 0 Å². The van der Waals surface area contributed by atoms with Crippen molar-refractivity contribution in [2.45, 2.75) is 31.6 Å². The van der Waals surface area contributed by atoms with Crippen molar-refractivity contribution in [1.29, 1.82) is 0 Å². The molecule has 3 aromatic rings. The average molecular weight is 368 g/mol. The summed E-state index contributed by atoms with van der Waals surface area (Å²) in [5.74, 6) is 2.08. The zero-order chi connectivity index (χ0) is 17.8. The Hall–Kier alpha value is -2.54. The molecule has 0 spiro atoms. The average Bonchev–Trinajstić information content (AvgIpc) is 3.39. The molecule has 0 bridgehead atoms. The van der Waals surface area contributed by atoms with E-state index in [0.29, 0.717) is 23.6 Å². The van der Waals surface area contributed by atoms with Gasteiger partial charge in [-0.1, -0.05) is 6.07 Å². The van der Waals surface area contributed by atoms with Crippen LogP contribution < -0.4 is 5.32 Å². The number of amides is 1. The fourth-order valence-corrected chi connectivity index (χ4v) is 3.99. The lowest BCUT2D eigenvalue weighted by molar-refractivity contribution is 0.0946. The molecule has 1 aliphatic rings. The summed E-state index contributed by atoms with van der Waals surface area (Å²) in [7, 11) is 0. The van der Waals surface area contributed by atoms with Crippen molar-refractivity contribution < 1.29 is 9.21 Å². The monoisotopic (exact) mass is 368 g/mol. The number of rotatable bonds is 5. The maximum Gasteiger partial charge on any atom is 0.261 e. The van der Waals surface area contributed by atoms with Gasteiger partial charge in [-0.3, -0.25) is 9.78 Å². The van der Waals surface area contributed by atoms with Crippen LogP contribution in [0.5, 0.6) is 0 Å². The van der Waals surface area contributed by atoms with Gasteiger partial charge in [-0.15, -0.1) is 21.5 Å². The molecule has 3 heterocycles. The van der Waals surface area contributed by atoms with E-state index in [4.69, 9.17) is 4.42 Å². The van der Waals surface area contributed by atoms with Gasteiger partial charge >= 0.3 is 0 Å². The minimum Gasteiger partial charge on any atom is -0.420 e. The Kier molecular flexibility index (Phi) is 5.06. The minimum atomic E-state index is 0.0279. The summed E-state index contributed by atoms with van der Waals surface area (Å²) in [4.78, 5) is 16.9. The van der Waals surface area contributed by atoms with E-state index >= 15 is 0 Å². The van der Waals surface area contributed by atoms with E-state index in [2.05, 4.69) is 20.5 Å². The predicted octanol–water partition coefficient (Wildman–Crippen LogP) is 3.90. The van der Waals surface area contributed by atoms with E-state index in [1.165, 1.54) is 11.3 Å². The van der Waals surface area contributed by atoms with Crippen LogP contribution in [0.4, 0.5) is 0 Å². The predicted molar refractivity (Wildman–Crippen MR) is 98.9 cm³/mol. The number of hydrogen-bond acceptors (Lipinski definition) is 6. The Morgan fingerprint density at radius 3 is 2.81 bits per heavy atom. The highest BCUT2D eigenvalue weighted by atomic mass is 32.1. The quantitative estimate of drug-likeness (QED) is 0.739. The van der Waals surface area contributed by atoms with Crippen LogP contribution in [0, 0.1) is 5.92 Å². The molecule has 0 unspecified atom stereocenters. The van der Waals surface area contributed by atoms with Gasteiger partial charge in [0, 0.05) is 24.9 Å². The van der Waals surface area contributed by atoms with Crippen molar-refractivity contribution in [3.05, 3.63) is 52.8 Å². The Morgan fingerprint density at radius 1 is 1.19 bits per heavy atom. The maximum atomic E-state index is 12.0. The van der Waals surface area contributed by atoms with Gasteiger partial charge in [0.1, 0.15) is 0 Å². The lowest BCUT2D eigenvalue weighted by atomic mass is 9.82. The highest BCUT2D eigenvalue weighted by Crippen LogP contribution is 2.35. The molecular formula is C19H20N4O2S. The lowest BCUT2D eigenvalue weighted by Crippen LogP contribution is -2.30. The van der Waals surface area contributed by atoms with Crippen molar-refractivity contribution >= 4 is 17.2 Å². The molecule has 6 nitrogen and oxygen atoms in total. The molecule has 3 aromatic heterocycles. The highest BCUT2D eigenvalue weighted by molar-refractivity contribution is 7.12. The van der Waals surface area contributed by atoms with Crippen LogP contribution in [0.15, 0.2) is 46.5 Å². The SMILES string of the molecule is O=C(NCC1CCC(c2nnc(-c3cccnc3)o2)CC1)c1cccs1. The lowest BCUT2D eigenvalue weighted by Gasteiger charge is -2.26. The van der Waals surface area contributed by atoms with E-state index in [9.17, 15) is 4.79 Å². The normalized spacial score (nSPS) is 20.0. The second-order valence-corrected chi connectivity index (χ2v) is 7.54. The highest BCUT2D eigenvalue weighted by Gasteiger charge is 2.26. The first kappa shape index (κ1) is 16.9. The molecule has 0 aromatic carbocycles. The van der Waals surface area contributed by atoms with Crippen molar-refractivity contribution in [1.82, 2.24) is 20.5 Å². The van der Waals surface area contributed by atoms with Gasteiger partial charge in [0.15, 0.2) is 0 Å². The first-order valence-electron chi connectivity index (χ1n) is 8.85. The van der Waals surface area contributed by atoms with Crippen molar-refractivity contribution in [2.24, 2.45) is 5.92 Å². The molecule has 7 heteroatoms. The molecule has 1 saturated carbocycles. The van der Waals surface area contributed by atoms with Gasteiger partial charge in [-0.25, -0.2) is 0 Å². The van der Waals surface area contributed by atoms with E-state index in [1.807, 2.05) is 29.6 Å². The summed E-state index contributed by atoms with van der Waals surface area (Å²) in [6.45, 7) is 0.730. The van der Waals surface area contributed by atoms with Gasteiger partial charge in [-0.2, -0.15) is 0 Å². The Morgan fingerprint density at radius 2 is 2.08 bits per heavy atom. The Labute approximate surface area is 155 Å². The molecule has 0 aliphatic heterocycles. The maximum absolute atomic E-state index is 12.0. The summed E-state index contributed by atoms with van der Waals surface area (Å²) in [6, 6.07) is 7.52. The third kappa shape index (κ3) is 3.83. The van der Waals surface area contributed by atoms with Crippen LogP contribution in [-0.2, 0) is 0 Å². The first-order valence-corrected chi connectivity index (χ1v) is 9.73. The zero-order valence-corrected chi connectivity index (χ0v) is 15.1. The second-order valence-electron chi connectivity index (χ2n) is 6.59. The van der Waals surface area contributed by atoms with Crippen molar-refractivity contribution in [3.8, 4) is 11.5 Å². The third-order valence-corrected chi connectivity index (χ3v) is 5.71. The Bertz CT molecular complexity index is 840. The van der Waals surface area contributed by atoms with E-state index in [1.54, 1.807) is 12.4 Å². The molecule has 0 atom stereocenters. The number of hydrogen-bond donors (Lipinski definition) is 1. The fourth-order valence-electron chi connectivity index (χ4n) is 3.35. The van der Waals surface area contributed by atoms with E-state index in [0.717, 1.165) is 42.7 Å². The van der Waals surface area contributed by atoms with Gasteiger partial charge in [0.05, 0.1) is 10.4 Å². The molecule has 1 aliphatic carbocycles. The molecule has 134 valence electrons. The summed E-state index contributed by atoms with van der Waals surface area (Å²) in [5.41, 5.74) is 0.844. The molecule has 4 rings (SSSR count). The van der Waals surface area contributed by atoms with Crippen molar-refractivity contribution in [2.75, 3.05) is 6.54 Å². The number of thiophene rings is 1. The van der Waals surface area contributed by atoms with Crippen LogP contribution >= 0.6 is 11.3 Å². The summed E-state index contributed by atoms with van der Waals surface area (Å²) in [5, 5.41) is 13.4. The number of carbonyl (C=O) groups is 1. The molecule has 1 fully saturated rings. The van der Waals surface area contributed by atoms with Gasteiger partial charge in [-0.05, 0) is 55.2 Å². The number of aromatic nitrogens is 3. The summed E-state index contributed by atoms with van der Waals surface area (Å²) < 4.78 is 5.86. The number of nitrogens with one attached hydrogen (secondary N) is 1. The topological polar surface area (TPSA) is 80.9 Å². The molecule has 0 radical (unpaired) electrons. The van der Waals surface area contributed by atoms with Gasteiger partial charge in [0.2, 0.25) is 11.8 Å². The minimum absolute atomic E-state index is 0.0279. The van der Waals surface area contributed by atoms with Gasteiger partial charge < -0.3 is 9.73 Å². The smallest absolute Gasteiger partial charge is 0.261 e. The van der Waals surface area contributed by atoms with Crippen LogP contribution in [0.2, 0.25) is 0 Å². The molecule has 1 amide bonds. The molecular weight excluding hydrogens is 348 g/mol. The van der Waals surface area contributed by atoms with Crippen LogP contribution in [-0.4, -0.2) is 27.6 Å². The van der Waals surface area contributed by atoms with E-state index in [-0.39, 0.29) is 5.91 Å². The van der Waals surface area contributed by atoms with E-state index < -0.39 is 0 Å². The summed E-state index contributed by atoms with van der Waals surface area (Å²) in [6.07, 6.45) is 7.58. The molecule has 1 N–H and O–H groups in total. The van der Waals surface area contributed by atoms with Crippen LogP contribution in [0.3, 0.4) is 0 Å². The Balaban J connectivity index is 1.29. The first-order chi connectivity index (χ1) is 12.8. The van der Waals surface area contributed by atoms with Crippen LogP contribution in [0.1, 0.15) is 47.2 Å². The number of nitrogens with zero attached hydrogens (tertiary/aromatic N) is 3. The fraction of sp³-hybridized carbons (Fsp3) is 0.368. The van der Waals surface area contributed by atoms with Crippen LogP contribution in [0.25, 0.3) is 11.5 Å². The number of pyridine rings is 1. The number of carbonyl (C=O) groups excluding carboxylic acids is 1. The molecule has 0 saturated heterocycles. The second kappa shape index (κ2) is 7.78. The molecule has 26 heavy (non-hydrogen) atoms. The largest absolute Gasteiger partial charge is 0.420 e. The third-order valence-electron chi connectivity index (χ3n) is 4.84.